The van der Waals surface area contributed by atoms with E-state index in [-0.39, 0.29) is 0 Å². The molecule has 2 heterocycles. The zero-order valence-corrected chi connectivity index (χ0v) is 19.7. The molecular formula is C28H26N4O3. The molecule has 3 aromatic carbocycles. The lowest BCUT2D eigenvalue weighted by Crippen LogP contribution is -2.08. The fourth-order valence-electron chi connectivity index (χ4n) is 3.82. The van der Waals surface area contributed by atoms with Gasteiger partial charge in [0.25, 0.3) is 0 Å². The van der Waals surface area contributed by atoms with E-state index in [9.17, 15) is 0 Å². The van der Waals surface area contributed by atoms with Gasteiger partial charge in [-0.1, -0.05) is 0 Å². The minimum absolute atomic E-state index is 0.550. The molecule has 0 unspecified atom stereocenters. The van der Waals surface area contributed by atoms with Gasteiger partial charge in [-0.25, -0.2) is 4.68 Å². The summed E-state index contributed by atoms with van der Waals surface area (Å²) in [4.78, 5) is 0. The van der Waals surface area contributed by atoms with Gasteiger partial charge in [0.1, 0.15) is 23.9 Å². The lowest BCUT2D eigenvalue weighted by Gasteiger charge is -2.09. The molecule has 176 valence electrons. The van der Waals surface area contributed by atoms with Gasteiger partial charge in [0.15, 0.2) is 0 Å². The van der Waals surface area contributed by atoms with Crippen molar-refractivity contribution in [1.29, 1.82) is 0 Å². The molecule has 0 aliphatic rings. The molecule has 0 spiro atoms. The SMILES string of the molecule is COc1ccc(-c2cc(-c3ccc(OCCn4cccn4)cc3)nn2-c2ccc(OC)cc2)cc1. The summed E-state index contributed by atoms with van der Waals surface area (Å²) in [7, 11) is 3.33. The Morgan fingerprint density at radius 1 is 0.743 bits per heavy atom. The van der Waals surface area contributed by atoms with E-state index >= 15 is 0 Å². The molecule has 5 rings (SSSR count). The molecule has 0 saturated carbocycles. The van der Waals surface area contributed by atoms with Crippen LogP contribution in [0.1, 0.15) is 0 Å². The summed E-state index contributed by atoms with van der Waals surface area (Å²) in [6.45, 7) is 1.25. The highest BCUT2D eigenvalue weighted by Crippen LogP contribution is 2.31. The van der Waals surface area contributed by atoms with Gasteiger partial charge < -0.3 is 14.2 Å². The lowest BCUT2D eigenvalue weighted by molar-refractivity contribution is 0.291. The standard InChI is InChI=1S/C28H26N4O3/c1-33-24-10-6-22(7-11-24)28-20-27(30-32(28)23-8-14-25(34-2)15-9-23)21-4-12-26(13-5-21)35-19-18-31-17-3-16-29-31/h3-17,20H,18-19H2,1-2H3. The average molecular weight is 467 g/mol. The van der Waals surface area contributed by atoms with Gasteiger partial charge in [-0.05, 0) is 84.9 Å². The molecule has 0 saturated heterocycles. The van der Waals surface area contributed by atoms with Crippen LogP contribution in [-0.2, 0) is 6.54 Å². The Morgan fingerprint density at radius 3 is 2.00 bits per heavy atom. The van der Waals surface area contributed by atoms with E-state index in [1.807, 2.05) is 94.4 Å². The molecule has 0 aliphatic heterocycles. The maximum atomic E-state index is 5.87. The number of nitrogens with zero attached hydrogens (tertiary/aromatic N) is 4. The van der Waals surface area contributed by atoms with E-state index < -0.39 is 0 Å². The Bertz CT molecular complexity index is 1290. The Labute approximate surface area is 204 Å². The van der Waals surface area contributed by atoms with E-state index in [4.69, 9.17) is 19.3 Å². The molecule has 0 atom stereocenters. The number of hydrogen-bond acceptors (Lipinski definition) is 5. The van der Waals surface area contributed by atoms with Gasteiger partial charge in [-0.15, -0.1) is 0 Å². The minimum Gasteiger partial charge on any atom is -0.497 e. The number of ether oxygens (including phenoxy) is 3. The van der Waals surface area contributed by atoms with E-state index in [1.165, 1.54) is 0 Å². The molecule has 0 fully saturated rings. The van der Waals surface area contributed by atoms with Crippen LogP contribution in [-0.4, -0.2) is 40.4 Å². The fraction of sp³-hybridized carbons (Fsp3) is 0.143. The van der Waals surface area contributed by atoms with Crippen LogP contribution in [0.5, 0.6) is 17.2 Å². The predicted octanol–water partition coefficient (Wildman–Crippen LogP) is 5.50. The Balaban J connectivity index is 1.42. The second-order valence-electron chi connectivity index (χ2n) is 7.90. The largest absolute Gasteiger partial charge is 0.497 e. The quantitative estimate of drug-likeness (QED) is 0.287. The molecule has 0 bridgehead atoms. The van der Waals surface area contributed by atoms with Crippen molar-refractivity contribution in [2.75, 3.05) is 20.8 Å². The van der Waals surface area contributed by atoms with Crippen molar-refractivity contribution in [2.45, 2.75) is 6.54 Å². The third kappa shape index (κ3) is 5.04. The molecule has 35 heavy (non-hydrogen) atoms. The Morgan fingerprint density at radius 2 is 1.37 bits per heavy atom. The van der Waals surface area contributed by atoms with E-state index in [2.05, 4.69) is 11.2 Å². The van der Waals surface area contributed by atoms with Crippen LogP contribution >= 0.6 is 0 Å². The highest BCUT2D eigenvalue weighted by Gasteiger charge is 2.14. The molecule has 5 aromatic rings. The number of hydrogen-bond donors (Lipinski definition) is 0. The smallest absolute Gasteiger partial charge is 0.119 e. The first-order valence-electron chi connectivity index (χ1n) is 11.3. The van der Waals surface area contributed by atoms with Crippen molar-refractivity contribution in [3.05, 3.63) is 97.3 Å². The number of aromatic nitrogens is 4. The predicted molar refractivity (Wildman–Crippen MR) is 135 cm³/mol. The van der Waals surface area contributed by atoms with Crippen LogP contribution < -0.4 is 14.2 Å². The maximum absolute atomic E-state index is 5.87. The fourth-order valence-corrected chi connectivity index (χ4v) is 3.82. The van der Waals surface area contributed by atoms with Crippen LogP contribution in [0.3, 0.4) is 0 Å². The van der Waals surface area contributed by atoms with Crippen molar-refractivity contribution in [3.63, 3.8) is 0 Å². The van der Waals surface area contributed by atoms with Crippen molar-refractivity contribution in [3.8, 4) is 45.5 Å². The maximum Gasteiger partial charge on any atom is 0.119 e. The summed E-state index contributed by atoms with van der Waals surface area (Å²) in [6, 6.07) is 27.9. The van der Waals surface area contributed by atoms with Crippen LogP contribution in [0.4, 0.5) is 0 Å². The summed E-state index contributed by atoms with van der Waals surface area (Å²) in [6.07, 6.45) is 3.69. The zero-order chi connectivity index (χ0) is 24.0. The first-order valence-corrected chi connectivity index (χ1v) is 11.3. The zero-order valence-electron chi connectivity index (χ0n) is 19.7. The third-order valence-electron chi connectivity index (χ3n) is 5.71. The van der Waals surface area contributed by atoms with Crippen LogP contribution in [0.15, 0.2) is 97.3 Å². The summed E-state index contributed by atoms with van der Waals surface area (Å²) < 4.78 is 20.3. The van der Waals surface area contributed by atoms with Gasteiger partial charge in [0, 0.05) is 23.5 Å². The van der Waals surface area contributed by atoms with Gasteiger partial charge in [0.2, 0.25) is 0 Å². The summed E-state index contributed by atoms with van der Waals surface area (Å²) >= 11 is 0. The molecule has 2 aromatic heterocycles. The van der Waals surface area contributed by atoms with E-state index in [0.717, 1.165) is 45.5 Å². The van der Waals surface area contributed by atoms with Gasteiger partial charge in [0.05, 0.1) is 37.8 Å². The van der Waals surface area contributed by atoms with E-state index in [1.54, 1.807) is 20.4 Å². The highest BCUT2D eigenvalue weighted by molar-refractivity contribution is 5.71. The first kappa shape index (κ1) is 22.3. The monoisotopic (exact) mass is 466 g/mol. The Kier molecular flexibility index (Phi) is 6.48. The van der Waals surface area contributed by atoms with Crippen molar-refractivity contribution in [2.24, 2.45) is 0 Å². The first-order chi connectivity index (χ1) is 17.2. The lowest BCUT2D eigenvalue weighted by atomic mass is 10.1. The van der Waals surface area contributed by atoms with Crippen molar-refractivity contribution < 1.29 is 14.2 Å². The van der Waals surface area contributed by atoms with Crippen LogP contribution in [0, 0.1) is 0 Å². The molecule has 7 heteroatoms. The minimum atomic E-state index is 0.550. The van der Waals surface area contributed by atoms with Gasteiger partial charge >= 0.3 is 0 Å². The number of methoxy groups -OCH3 is 2. The summed E-state index contributed by atoms with van der Waals surface area (Å²) in [5, 5.41) is 9.14. The van der Waals surface area contributed by atoms with Crippen molar-refractivity contribution in [1.82, 2.24) is 19.6 Å². The topological polar surface area (TPSA) is 63.3 Å². The van der Waals surface area contributed by atoms with Gasteiger partial charge in [-0.3, -0.25) is 4.68 Å². The average Bonchev–Trinajstić information content (AvgIpc) is 3.60. The Hall–Kier alpha value is -4.52. The molecule has 0 N–H and O–H groups in total. The molecule has 0 aliphatic carbocycles. The van der Waals surface area contributed by atoms with E-state index in [0.29, 0.717) is 13.2 Å². The second kappa shape index (κ2) is 10.2. The second-order valence-corrected chi connectivity index (χ2v) is 7.90. The molecule has 0 amide bonds. The number of rotatable bonds is 9. The van der Waals surface area contributed by atoms with Crippen LogP contribution in [0.2, 0.25) is 0 Å². The van der Waals surface area contributed by atoms with Crippen molar-refractivity contribution >= 4 is 0 Å². The van der Waals surface area contributed by atoms with Gasteiger partial charge in [-0.2, -0.15) is 10.2 Å². The number of benzene rings is 3. The molecular weight excluding hydrogens is 440 g/mol. The summed E-state index contributed by atoms with van der Waals surface area (Å²) in [5.74, 6) is 2.42. The normalized spacial score (nSPS) is 10.8. The molecule has 7 nitrogen and oxygen atoms in total. The van der Waals surface area contributed by atoms with Crippen LogP contribution in [0.25, 0.3) is 28.2 Å². The third-order valence-corrected chi connectivity index (χ3v) is 5.71. The summed E-state index contributed by atoms with van der Waals surface area (Å²) in [5.41, 5.74) is 4.84. The highest BCUT2D eigenvalue weighted by atomic mass is 16.5. The molecule has 0 radical (unpaired) electrons.